The smallest absolute Gasteiger partial charge is 0.234 e. The molecule has 2 aromatic rings. The summed E-state index contributed by atoms with van der Waals surface area (Å²) in [6.07, 6.45) is 3.78. The van der Waals surface area contributed by atoms with Gasteiger partial charge < -0.3 is 5.32 Å². The van der Waals surface area contributed by atoms with Gasteiger partial charge in [0, 0.05) is 6.04 Å². The molecule has 1 heterocycles. The summed E-state index contributed by atoms with van der Waals surface area (Å²) >= 11 is 0. The molecule has 1 aromatic heterocycles. The van der Waals surface area contributed by atoms with Gasteiger partial charge in [-0.1, -0.05) is 36.8 Å². The number of aromatic nitrogens is 3. The predicted molar refractivity (Wildman–Crippen MR) is 113 cm³/mol. The lowest BCUT2D eigenvalue weighted by atomic mass is 9.95. The highest BCUT2D eigenvalue weighted by atomic mass is 19.1. The highest BCUT2D eigenvalue weighted by Gasteiger charge is 2.30. The molecule has 2 N–H and O–H groups in total. The molecule has 1 aliphatic rings. The molecule has 0 spiro atoms. The Balaban J connectivity index is 1.78. The number of nitrogens with zero attached hydrogens (tertiary/aromatic N) is 3. The lowest BCUT2D eigenvalue weighted by Gasteiger charge is -2.22. The number of nitrogens with one attached hydrogen (secondary N) is 2. The van der Waals surface area contributed by atoms with Crippen LogP contribution in [0.4, 0.5) is 16.3 Å². The van der Waals surface area contributed by atoms with E-state index in [2.05, 4.69) is 37.7 Å². The second kappa shape index (κ2) is 9.28. The average Bonchev–Trinajstić information content (AvgIpc) is 3.07. The summed E-state index contributed by atoms with van der Waals surface area (Å²) in [5.41, 5.74) is -0.534. The SMILES string of the molecule is CC(=O)CC(=O)Nc1nc(NC2CCCC2Cc2ccccc2)nc(C(C)(C)F)n1. The second-order valence-electron chi connectivity index (χ2n) is 8.34. The first-order chi connectivity index (χ1) is 14.2. The van der Waals surface area contributed by atoms with Crippen LogP contribution in [0, 0.1) is 5.92 Å². The number of rotatable bonds is 8. The van der Waals surface area contributed by atoms with E-state index in [-0.39, 0.29) is 36.0 Å². The number of ketones is 1. The first-order valence-corrected chi connectivity index (χ1v) is 10.3. The maximum atomic E-state index is 14.6. The minimum Gasteiger partial charge on any atom is -0.351 e. The maximum absolute atomic E-state index is 14.6. The number of anilines is 2. The standard InChI is InChI=1S/C22H28FN5O2/c1-14(29)12-18(30)25-21-27-19(22(2,3)23)26-20(28-21)24-17-11-7-10-16(17)13-15-8-5-4-6-9-15/h4-6,8-9,16-17H,7,10-13H2,1-3H3,(H2,24,25,26,27,28,30). The van der Waals surface area contributed by atoms with Crippen LogP contribution in [0.1, 0.15) is 57.8 Å². The van der Waals surface area contributed by atoms with Crippen molar-refractivity contribution in [2.45, 2.75) is 64.6 Å². The molecule has 0 bridgehead atoms. The maximum Gasteiger partial charge on any atom is 0.234 e. The van der Waals surface area contributed by atoms with Crippen LogP contribution in [-0.2, 0) is 21.7 Å². The molecular weight excluding hydrogens is 385 g/mol. The van der Waals surface area contributed by atoms with E-state index < -0.39 is 11.6 Å². The number of carbonyl (C=O) groups is 2. The van der Waals surface area contributed by atoms with Gasteiger partial charge in [0.1, 0.15) is 5.78 Å². The first kappa shape index (κ1) is 21.8. The van der Waals surface area contributed by atoms with Crippen LogP contribution in [0.5, 0.6) is 0 Å². The van der Waals surface area contributed by atoms with E-state index >= 15 is 0 Å². The van der Waals surface area contributed by atoms with Gasteiger partial charge in [-0.05, 0) is 51.5 Å². The van der Waals surface area contributed by atoms with Crippen molar-refractivity contribution in [1.29, 1.82) is 0 Å². The molecule has 1 amide bonds. The first-order valence-electron chi connectivity index (χ1n) is 10.3. The van der Waals surface area contributed by atoms with Crippen molar-refractivity contribution in [2.24, 2.45) is 5.92 Å². The van der Waals surface area contributed by atoms with Crippen molar-refractivity contribution in [1.82, 2.24) is 15.0 Å². The van der Waals surface area contributed by atoms with Gasteiger partial charge in [-0.15, -0.1) is 0 Å². The van der Waals surface area contributed by atoms with Gasteiger partial charge in [-0.3, -0.25) is 14.9 Å². The number of hydrogen-bond donors (Lipinski definition) is 2. The molecule has 3 rings (SSSR count). The summed E-state index contributed by atoms with van der Waals surface area (Å²) in [6.45, 7) is 4.02. The summed E-state index contributed by atoms with van der Waals surface area (Å²) in [5.74, 6) is -0.311. The number of carbonyl (C=O) groups excluding carboxylic acids is 2. The van der Waals surface area contributed by atoms with Crippen LogP contribution in [-0.4, -0.2) is 32.7 Å². The van der Waals surface area contributed by atoms with Crippen molar-refractivity contribution in [3.63, 3.8) is 0 Å². The molecule has 8 heteroatoms. The third-order valence-electron chi connectivity index (χ3n) is 5.14. The fourth-order valence-corrected chi connectivity index (χ4v) is 3.71. The molecule has 7 nitrogen and oxygen atoms in total. The zero-order valence-corrected chi connectivity index (χ0v) is 17.6. The van der Waals surface area contributed by atoms with E-state index in [4.69, 9.17) is 0 Å². The van der Waals surface area contributed by atoms with Crippen molar-refractivity contribution in [3.8, 4) is 0 Å². The molecule has 0 aliphatic heterocycles. The zero-order valence-electron chi connectivity index (χ0n) is 17.6. The normalized spacial score (nSPS) is 18.8. The van der Waals surface area contributed by atoms with Crippen molar-refractivity contribution in [3.05, 3.63) is 41.7 Å². The van der Waals surface area contributed by atoms with Gasteiger partial charge in [-0.2, -0.15) is 15.0 Å². The lowest BCUT2D eigenvalue weighted by Crippen LogP contribution is -2.28. The Morgan fingerprint density at radius 2 is 1.80 bits per heavy atom. The number of Topliss-reactive ketones (excluding diaryl/α,β-unsaturated/α-hetero) is 1. The van der Waals surface area contributed by atoms with Crippen molar-refractivity contribution in [2.75, 3.05) is 10.6 Å². The molecule has 1 aromatic carbocycles. The van der Waals surface area contributed by atoms with Crippen LogP contribution in [0.2, 0.25) is 0 Å². The highest BCUT2D eigenvalue weighted by molar-refractivity contribution is 6.02. The van der Waals surface area contributed by atoms with Crippen molar-refractivity contribution >= 4 is 23.6 Å². The third-order valence-corrected chi connectivity index (χ3v) is 5.14. The van der Waals surface area contributed by atoms with Crippen LogP contribution in [0.15, 0.2) is 30.3 Å². The Labute approximate surface area is 175 Å². The van der Waals surface area contributed by atoms with Crippen molar-refractivity contribution < 1.29 is 14.0 Å². The van der Waals surface area contributed by atoms with Crippen LogP contribution < -0.4 is 10.6 Å². The van der Waals surface area contributed by atoms with E-state index in [1.54, 1.807) is 0 Å². The molecule has 2 atom stereocenters. The lowest BCUT2D eigenvalue weighted by molar-refractivity contribution is -0.124. The van der Waals surface area contributed by atoms with E-state index in [0.29, 0.717) is 5.92 Å². The Kier molecular flexibility index (Phi) is 6.74. The molecule has 1 saturated carbocycles. The molecule has 0 radical (unpaired) electrons. The largest absolute Gasteiger partial charge is 0.351 e. The Morgan fingerprint density at radius 3 is 2.47 bits per heavy atom. The van der Waals surface area contributed by atoms with Crippen LogP contribution in [0.25, 0.3) is 0 Å². The second-order valence-corrected chi connectivity index (χ2v) is 8.34. The summed E-state index contributed by atoms with van der Waals surface area (Å²) < 4.78 is 14.6. The monoisotopic (exact) mass is 413 g/mol. The highest BCUT2D eigenvalue weighted by Crippen LogP contribution is 2.31. The van der Waals surface area contributed by atoms with Gasteiger partial charge in [0.05, 0.1) is 6.42 Å². The molecule has 0 saturated heterocycles. The fourth-order valence-electron chi connectivity index (χ4n) is 3.71. The molecule has 30 heavy (non-hydrogen) atoms. The topological polar surface area (TPSA) is 96.9 Å². The number of hydrogen-bond acceptors (Lipinski definition) is 6. The number of amides is 1. The molecule has 1 aliphatic carbocycles. The quantitative estimate of drug-likeness (QED) is 0.639. The minimum atomic E-state index is -1.81. The minimum absolute atomic E-state index is 0.0583. The molecular formula is C22H28FN5O2. The van der Waals surface area contributed by atoms with Gasteiger partial charge in [0.2, 0.25) is 17.8 Å². The molecule has 2 unspecified atom stereocenters. The summed E-state index contributed by atoms with van der Waals surface area (Å²) in [7, 11) is 0. The average molecular weight is 413 g/mol. The van der Waals surface area contributed by atoms with Gasteiger partial charge in [0.15, 0.2) is 11.5 Å². The van der Waals surface area contributed by atoms with E-state index in [1.807, 2.05) is 18.2 Å². The third kappa shape index (κ3) is 6.05. The summed E-state index contributed by atoms with van der Waals surface area (Å²) in [5, 5.41) is 5.80. The van der Waals surface area contributed by atoms with Gasteiger partial charge in [0.25, 0.3) is 0 Å². The number of halogens is 1. The van der Waals surface area contributed by atoms with Gasteiger partial charge in [-0.25, -0.2) is 4.39 Å². The Morgan fingerprint density at radius 1 is 1.10 bits per heavy atom. The van der Waals surface area contributed by atoms with E-state index in [9.17, 15) is 14.0 Å². The van der Waals surface area contributed by atoms with E-state index in [1.165, 1.54) is 26.3 Å². The Bertz CT molecular complexity index is 898. The zero-order chi connectivity index (χ0) is 21.7. The summed E-state index contributed by atoms with van der Waals surface area (Å²) in [6, 6.07) is 10.4. The Hall–Kier alpha value is -2.90. The summed E-state index contributed by atoms with van der Waals surface area (Å²) in [4.78, 5) is 35.7. The molecule has 1 fully saturated rings. The fraction of sp³-hybridized carbons (Fsp3) is 0.500. The number of alkyl halides is 1. The van der Waals surface area contributed by atoms with Crippen LogP contribution >= 0.6 is 0 Å². The van der Waals surface area contributed by atoms with Crippen LogP contribution in [0.3, 0.4) is 0 Å². The number of benzene rings is 1. The molecule has 160 valence electrons. The van der Waals surface area contributed by atoms with E-state index in [0.717, 1.165) is 25.7 Å². The van der Waals surface area contributed by atoms with Gasteiger partial charge >= 0.3 is 0 Å². The predicted octanol–water partition coefficient (Wildman–Crippen LogP) is 3.82.